The van der Waals surface area contributed by atoms with Gasteiger partial charge in [-0.15, -0.1) is 0 Å². The quantitative estimate of drug-likeness (QED) is 0.770. The number of aromatic carboxylic acids is 1. The van der Waals surface area contributed by atoms with Crippen LogP contribution in [0, 0.1) is 0 Å². The second-order valence-electron chi connectivity index (χ2n) is 5.84. The molecule has 1 aliphatic rings. The van der Waals surface area contributed by atoms with Crippen molar-refractivity contribution in [3.63, 3.8) is 0 Å². The Morgan fingerprint density at radius 2 is 1.50 bits per heavy atom. The van der Waals surface area contributed by atoms with Gasteiger partial charge in [-0.2, -0.15) is 0 Å². The van der Waals surface area contributed by atoms with Crippen LogP contribution in [0.25, 0.3) is 0 Å². The molecule has 0 atom stereocenters. The molecule has 0 saturated heterocycles. The maximum atomic E-state index is 12.2. The van der Waals surface area contributed by atoms with Gasteiger partial charge in [-0.3, -0.25) is 19.3 Å². The van der Waals surface area contributed by atoms with Gasteiger partial charge >= 0.3 is 5.97 Å². The Bertz CT molecular complexity index is 854. The number of benzene rings is 2. The van der Waals surface area contributed by atoms with Crippen LogP contribution in [0.3, 0.4) is 0 Å². The molecule has 1 heterocycles. The van der Waals surface area contributed by atoms with E-state index in [4.69, 9.17) is 5.11 Å². The molecule has 3 amide bonds. The topological polar surface area (TPSA) is 104 Å². The summed E-state index contributed by atoms with van der Waals surface area (Å²) in [5.41, 5.74) is 1.64. The molecule has 0 spiro atoms. The van der Waals surface area contributed by atoms with Crippen LogP contribution in [0.4, 0.5) is 0 Å². The van der Waals surface area contributed by atoms with Crippen LogP contribution >= 0.6 is 0 Å². The Balaban J connectivity index is 1.51. The third-order valence-electron chi connectivity index (χ3n) is 4.13. The fraction of sp³-hybridized carbons (Fsp3) is 0.158. The van der Waals surface area contributed by atoms with Crippen LogP contribution in [0.1, 0.15) is 43.1 Å². The number of nitrogens with zero attached hydrogens (tertiary/aromatic N) is 1. The minimum atomic E-state index is -1.01. The molecule has 26 heavy (non-hydrogen) atoms. The second-order valence-corrected chi connectivity index (χ2v) is 5.84. The Morgan fingerprint density at radius 1 is 0.923 bits per heavy atom. The summed E-state index contributed by atoms with van der Waals surface area (Å²) in [6, 6.07) is 12.7. The zero-order valence-corrected chi connectivity index (χ0v) is 13.8. The lowest BCUT2D eigenvalue weighted by Crippen LogP contribution is -2.34. The highest BCUT2D eigenvalue weighted by molar-refractivity contribution is 6.21. The molecule has 0 radical (unpaired) electrons. The van der Waals surface area contributed by atoms with E-state index in [9.17, 15) is 19.2 Å². The zero-order valence-electron chi connectivity index (χ0n) is 13.8. The molecule has 1 aliphatic heterocycles. The number of amides is 3. The zero-order chi connectivity index (χ0) is 18.7. The molecular formula is C19H16N2O5. The normalized spacial score (nSPS) is 12.8. The lowest BCUT2D eigenvalue weighted by atomic mass is 10.1. The number of hydrogen-bond donors (Lipinski definition) is 2. The van der Waals surface area contributed by atoms with Gasteiger partial charge in [-0.05, 0) is 29.8 Å². The average molecular weight is 352 g/mol. The Hall–Kier alpha value is -3.48. The van der Waals surface area contributed by atoms with E-state index < -0.39 is 5.97 Å². The fourth-order valence-corrected chi connectivity index (χ4v) is 2.71. The van der Waals surface area contributed by atoms with Crippen molar-refractivity contribution in [1.82, 2.24) is 10.2 Å². The smallest absolute Gasteiger partial charge is 0.335 e. The van der Waals surface area contributed by atoms with Gasteiger partial charge in [-0.1, -0.05) is 24.3 Å². The summed E-state index contributed by atoms with van der Waals surface area (Å²) in [4.78, 5) is 48.3. The maximum absolute atomic E-state index is 12.2. The van der Waals surface area contributed by atoms with Crippen molar-refractivity contribution in [3.05, 3.63) is 70.8 Å². The fourth-order valence-electron chi connectivity index (χ4n) is 2.71. The first-order chi connectivity index (χ1) is 12.5. The van der Waals surface area contributed by atoms with Crippen molar-refractivity contribution in [3.8, 4) is 0 Å². The van der Waals surface area contributed by atoms with Crippen LogP contribution in [0.2, 0.25) is 0 Å². The first kappa shape index (κ1) is 17.3. The molecule has 132 valence electrons. The largest absolute Gasteiger partial charge is 0.478 e. The molecule has 3 rings (SSSR count). The third kappa shape index (κ3) is 3.46. The maximum Gasteiger partial charge on any atom is 0.335 e. The van der Waals surface area contributed by atoms with Crippen molar-refractivity contribution >= 4 is 23.7 Å². The van der Waals surface area contributed by atoms with E-state index in [0.717, 1.165) is 10.5 Å². The number of hydrogen-bond acceptors (Lipinski definition) is 4. The number of carboxylic acids is 1. The van der Waals surface area contributed by atoms with Crippen molar-refractivity contribution < 1.29 is 24.3 Å². The van der Waals surface area contributed by atoms with Crippen molar-refractivity contribution in [2.75, 3.05) is 6.54 Å². The minimum Gasteiger partial charge on any atom is -0.478 e. The number of imide groups is 1. The number of carboxylic acid groups (broad SMARTS) is 1. The van der Waals surface area contributed by atoms with E-state index in [-0.39, 0.29) is 42.8 Å². The number of carbonyl (C=O) groups is 4. The SMILES string of the molecule is O=C(CCN1C(=O)c2ccccc2C1=O)NCc1ccc(C(=O)O)cc1. The molecule has 7 heteroatoms. The lowest BCUT2D eigenvalue weighted by Gasteiger charge is -2.13. The first-order valence-corrected chi connectivity index (χ1v) is 8.01. The van der Waals surface area contributed by atoms with E-state index >= 15 is 0 Å². The summed E-state index contributed by atoms with van der Waals surface area (Å²) in [6.45, 7) is 0.247. The van der Waals surface area contributed by atoms with Crippen LogP contribution in [-0.4, -0.2) is 40.2 Å². The van der Waals surface area contributed by atoms with Gasteiger partial charge in [0, 0.05) is 19.5 Å². The molecule has 0 aliphatic carbocycles. The standard InChI is InChI=1S/C19H16N2O5/c22-16(20-11-12-5-7-13(8-6-12)19(25)26)9-10-21-17(23)14-3-1-2-4-15(14)18(21)24/h1-8H,9-11H2,(H,20,22)(H,25,26). The summed E-state index contributed by atoms with van der Waals surface area (Å²) in [5.74, 6) is -2.09. The highest BCUT2D eigenvalue weighted by Crippen LogP contribution is 2.22. The van der Waals surface area contributed by atoms with E-state index in [2.05, 4.69) is 5.32 Å². The van der Waals surface area contributed by atoms with E-state index in [1.807, 2.05) is 0 Å². The van der Waals surface area contributed by atoms with Crippen LogP contribution < -0.4 is 5.32 Å². The molecule has 2 aromatic carbocycles. The first-order valence-electron chi connectivity index (χ1n) is 8.01. The van der Waals surface area contributed by atoms with Gasteiger partial charge in [-0.25, -0.2) is 4.79 Å². The summed E-state index contributed by atoms with van der Waals surface area (Å²) < 4.78 is 0. The predicted molar refractivity (Wildman–Crippen MR) is 91.7 cm³/mol. The van der Waals surface area contributed by atoms with E-state index in [1.54, 1.807) is 36.4 Å². The van der Waals surface area contributed by atoms with Gasteiger partial charge in [0.1, 0.15) is 0 Å². The van der Waals surface area contributed by atoms with Gasteiger partial charge in [0.2, 0.25) is 5.91 Å². The van der Waals surface area contributed by atoms with Crippen molar-refractivity contribution in [1.29, 1.82) is 0 Å². The van der Waals surface area contributed by atoms with Crippen molar-refractivity contribution in [2.45, 2.75) is 13.0 Å². The summed E-state index contributed by atoms with van der Waals surface area (Å²) in [5, 5.41) is 11.5. The van der Waals surface area contributed by atoms with Crippen LogP contribution in [-0.2, 0) is 11.3 Å². The molecule has 2 aromatic rings. The van der Waals surface area contributed by atoms with Gasteiger partial charge in [0.25, 0.3) is 11.8 Å². The minimum absolute atomic E-state index is 0.00131. The highest BCUT2D eigenvalue weighted by Gasteiger charge is 2.34. The van der Waals surface area contributed by atoms with Crippen LogP contribution in [0.5, 0.6) is 0 Å². The lowest BCUT2D eigenvalue weighted by molar-refractivity contribution is -0.121. The van der Waals surface area contributed by atoms with E-state index in [0.29, 0.717) is 11.1 Å². The molecular weight excluding hydrogens is 336 g/mol. The van der Waals surface area contributed by atoms with Gasteiger partial charge < -0.3 is 10.4 Å². The predicted octanol–water partition coefficient (Wildman–Crippen LogP) is 1.69. The average Bonchev–Trinajstić information content (AvgIpc) is 2.89. The number of carbonyl (C=O) groups excluding carboxylic acids is 3. The molecule has 2 N–H and O–H groups in total. The summed E-state index contributed by atoms with van der Waals surface area (Å²) >= 11 is 0. The number of fused-ring (bicyclic) bond motifs is 1. The Kier molecular flexibility index (Phi) is 4.79. The molecule has 7 nitrogen and oxygen atoms in total. The summed E-state index contributed by atoms with van der Waals surface area (Å²) in [6.07, 6.45) is -0.00131. The Labute approximate surface area is 149 Å². The molecule has 0 bridgehead atoms. The molecule has 0 aromatic heterocycles. The third-order valence-corrected chi connectivity index (χ3v) is 4.13. The molecule has 0 unspecified atom stereocenters. The number of nitrogens with one attached hydrogen (secondary N) is 1. The monoisotopic (exact) mass is 352 g/mol. The second kappa shape index (κ2) is 7.18. The molecule has 0 fully saturated rings. The van der Waals surface area contributed by atoms with Crippen LogP contribution in [0.15, 0.2) is 48.5 Å². The Morgan fingerprint density at radius 3 is 2.04 bits per heavy atom. The van der Waals surface area contributed by atoms with Crippen molar-refractivity contribution in [2.24, 2.45) is 0 Å². The van der Waals surface area contributed by atoms with E-state index in [1.165, 1.54) is 12.1 Å². The van der Waals surface area contributed by atoms with Gasteiger partial charge in [0.15, 0.2) is 0 Å². The highest BCUT2D eigenvalue weighted by atomic mass is 16.4. The molecule has 0 saturated carbocycles. The van der Waals surface area contributed by atoms with Gasteiger partial charge in [0.05, 0.1) is 16.7 Å². The number of rotatable bonds is 6. The summed E-state index contributed by atoms with van der Waals surface area (Å²) in [7, 11) is 0.